The van der Waals surface area contributed by atoms with E-state index >= 15 is 0 Å². The molecule has 0 aliphatic rings. The van der Waals surface area contributed by atoms with E-state index in [4.69, 9.17) is 8.75 Å². The fourth-order valence-corrected chi connectivity index (χ4v) is 13.3. The van der Waals surface area contributed by atoms with Crippen LogP contribution in [0.3, 0.4) is 0 Å². The molecular weight excluding hydrogens is 933 g/mol. The zero-order chi connectivity index (χ0) is 43.0. The van der Waals surface area contributed by atoms with Gasteiger partial charge in [0.2, 0.25) is 0 Å². The largest absolute Gasteiger partial charge is 0.172 e. The standard InChI is InChI=1S/C54H86Br2N2S3/c1-3-5-7-9-11-13-15-17-19-21-23-25-27-29-31-33-35-37-39-45-43-49(59-53(45)55)47-41-42-48(52-51(47)57-61-58-52)50-44-46(54(56)60-50)40-38-36-34-32-30-28-26-24-22-20-18-16-14-12-10-8-6-4-2/h41-44H,3-40H2,1-2H3. The number of aromatic nitrogens is 2. The second-order valence-electron chi connectivity index (χ2n) is 18.5. The van der Waals surface area contributed by atoms with E-state index in [1.807, 2.05) is 22.7 Å². The Morgan fingerprint density at radius 1 is 0.361 bits per heavy atom. The van der Waals surface area contributed by atoms with Crippen LogP contribution in [-0.2, 0) is 12.8 Å². The zero-order valence-electron chi connectivity index (χ0n) is 39.1. The highest BCUT2D eigenvalue weighted by Crippen LogP contribution is 2.43. The van der Waals surface area contributed by atoms with Crippen molar-refractivity contribution in [2.75, 3.05) is 0 Å². The van der Waals surface area contributed by atoms with Gasteiger partial charge in [0.05, 0.1) is 19.3 Å². The van der Waals surface area contributed by atoms with Crippen molar-refractivity contribution in [2.24, 2.45) is 0 Å². The number of fused-ring (bicyclic) bond motifs is 1. The molecule has 1 aromatic carbocycles. The van der Waals surface area contributed by atoms with Gasteiger partial charge in [-0.05, 0) is 80.8 Å². The van der Waals surface area contributed by atoms with Crippen molar-refractivity contribution in [3.8, 4) is 20.9 Å². The molecule has 0 fully saturated rings. The summed E-state index contributed by atoms with van der Waals surface area (Å²) in [4.78, 5) is 2.60. The summed E-state index contributed by atoms with van der Waals surface area (Å²) in [5, 5.41) is 0. The number of hydrogen-bond acceptors (Lipinski definition) is 5. The summed E-state index contributed by atoms with van der Waals surface area (Å²) in [6, 6.07) is 9.41. The van der Waals surface area contributed by atoms with Crippen molar-refractivity contribution in [3.05, 3.63) is 43.0 Å². The quantitative estimate of drug-likeness (QED) is 0.0415. The van der Waals surface area contributed by atoms with Crippen LogP contribution in [0.5, 0.6) is 0 Å². The molecule has 0 bridgehead atoms. The lowest BCUT2D eigenvalue weighted by Crippen LogP contribution is -1.86. The molecule has 0 atom stereocenters. The maximum atomic E-state index is 4.85. The molecular formula is C54H86Br2N2S3. The van der Waals surface area contributed by atoms with E-state index in [9.17, 15) is 0 Å². The van der Waals surface area contributed by atoms with Gasteiger partial charge >= 0.3 is 0 Å². The van der Waals surface area contributed by atoms with E-state index in [-0.39, 0.29) is 0 Å². The topological polar surface area (TPSA) is 25.8 Å². The Bertz CT molecular complexity index is 1540. The van der Waals surface area contributed by atoms with Crippen LogP contribution in [0, 0.1) is 0 Å². The number of rotatable bonds is 40. The monoisotopic (exact) mass is 1020 g/mol. The number of benzene rings is 1. The summed E-state index contributed by atoms with van der Waals surface area (Å²) in [6.07, 6.45) is 53.4. The molecule has 4 aromatic rings. The lowest BCUT2D eigenvalue weighted by atomic mass is 10.0. The van der Waals surface area contributed by atoms with Gasteiger partial charge in [-0.25, -0.2) is 0 Å². The fraction of sp³-hybridized carbons (Fsp3) is 0.741. The number of hydrogen-bond donors (Lipinski definition) is 0. The first kappa shape index (κ1) is 53.0. The third-order valence-corrected chi connectivity index (χ3v) is 17.6. The van der Waals surface area contributed by atoms with E-state index in [0.29, 0.717) is 0 Å². The molecule has 0 unspecified atom stereocenters. The molecule has 0 aliphatic heterocycles. The van der Waals surface area contributed by atoms with Gasteiger partial charge in [-0.15, -0.1) is 22.7 Å². The minimum atomic E-state index is 1.05. The molecule has 3 heterocycles. The Hall–Kier alpha value is -0.600. The smallest absolute Gasteiger partial charge is 0.114 e. The normalized spacial score (nSPS) is 11.8. The lowest BCUT2D eigenvalue weighted by Gasteiger charge is -2.04. The molecule has 344 valence electrons. The van der Waals surface area contributed by atoms with Crippen molar-refractivity contribution in [3.63, 3.8) is 0 Å². The molecule has 0 spiro atoms. The first-order valence-electron chi connectivity index (χ1n) is 25.9. The van der Waals surface area contributed by atoms with Crippen LogP contribution < -0.4 is 0 Å². The SMILES string of the molecule is CCCCCCCCCCCCCCCCCCCCc1cc(-c2ccc(-c3cc(CCCCCCCCCCCCCCCCCCCC)c(Br)s3)c3nsnc23)sc1Br. The van der Waals surface area contributed by atoms with E-state index in [2.05, 4.69) is 70.0 Å². The zero-order valence-corrected chi connectivity index (χ0v) is 44.7. The van der Waals surface area contributed by atoms with E-state index in [1.54, 1.807) is 0 Å². The van der Waals surface area contributed by atoms with Crippen LogP contribution in [0.25, 0.3) is 31.9 Å². The molecule has 2 nitrogen and oxygen atoms in total. The summed E-state index contributed by atoms with van der Waals surface area (Å²) in [6.45, 7) is 4.61. The second-order valence-corrected chi connectivity index (χ2v) is 23.7. The van der Waals surface area contributed by atoms with Crippen LogP contribution in [0.4, 0.5) is 0 Å². The van der Waals surface area contributed by atoms with Crippen molar-refractivity contribution < 1.29 is 0 Å². The van der Waals surface area contributed by atoms with Crippen LogP contribution in [0.15, 0.2) is 31.8 Å². The number of thiophene rings is 2. The number of halogens is 2. The predicted octanol–water partition coefficient (Wildman–Crippen LogP) is 21.8. The number of unbranched alkanes of at least 4 members (excludes halogenated alkanes) is 34. The Morgan fingerprint density at radius 3 is 0.869 bits per heavy atom. The van der Waals surface area contributed by atoms with Crippen molar-refractivity contribution in [1.29, 1.82) is 0 Å². The Labute approximate surface area is 404 Å². The van der Waals surface area contributed by atoms with E-state index in [1.165, 1.54) is 282 Å². The summed E-state index contributed by atoms with van der Waals surface area (Å²) in [5.41, 5.74) is 7.43. The van der Waals surface area contributed by atoms with Crippen LogP contribution >= 0.6 is 66.3 Å². The maximum Gasteiger partial charge on any atom is 0.114 e. The van der Waals surface area contributed by atoms with Crippen molar-refractivity contribution in [2.45, 2.75) is 258 Å². The van der Waals surface area contributed by atoms with E-state index < -0.39 is 0 Å². The van der Waals surface area contributed by atoms with Gasteiger partial charge in [0, 0.05) is 20.9 Å². The first-order valence-corrected chi connectivity index (χ1v) is 29.9. The summed E-state index contributed by atoms with van der Waals surface area (Å²) >= 11 is 12.9. The second kappa shape index (κ2) is 34.7. The minimum Gasteiger partial charge on any atom is -0.172 e. The highest BCUT2D eigenvalue weighted by molar-refractivity contribution is 9.11. The molecule has 0 radical (unpaired) electrons. The number of aryl methyl sites for hydroxylation is 2. The molecule has 7 heteroatoms. The van der Waals surface area contributed by atoms with Crippen LogP contribution in [-0.4, -0.2) is 8.75 Å². The molecule has 4 rings (SSSR count). The molecule has 0 N–H and O–H groups in total. The van der Waals surface area contributed by atoms with Crippen LogP contribution in [0.1, 0.15) is 256 Å². The maximum absolute atomic E-state index is 4.85. The molecule has 61 heavy (non-hydrogen) atoms. The third kappa shape index (κ3) is 22.0. The first-order chi connectivity index (χ1) is 30.1. The molecule has 0 aliphatic carbocycles. The summed E-state index contributed by atoms with van der Waals surface area (Å²) in [7, 11) is 0. The van der Waals surface area contributed by atoms with E-state index in [0.717, 1.165) is 23.9 Å². The Kier molecular flexibility index (Phi) is 30.2. The summed E-state index contributed by atoms with van der Waals surface area (Å²) < 4.78 is 12.2. The van der Waals surface area contributed by atoms with Gasteiger partial charge < -0.3 is 0 Å². The van der Waals surface area contributed by atoms with Crippen molar-refractivity contribution >= 4 is 77.3 Å². The lowest BCUT2D eigenvalue weighted by molar-refractivity contribution is 0.525. The van der Waals surface area contributed by atoms with Gasteiger partial charge in [-0.3, -0.25) is 0 Å². The van der Waals surface area contributed by atoms with Gasteiger partial charge in [0.1, 0.15) is 11.0 Å². The molecule has 0 saturated carbocycles. The molecule has 3 aromatic heterocycles. The summed E-state index contributed by atoms with van der Waals surface area (Å²) in [5.74, 6) is 0. The Balaban J connectivity index is 1.06. The fourth-order valence-electron chi connectivity index (χ4n) is 9.12. The average Bonchev–Trinajstić information content (AvgIpc) is 4.01. The van der Waals surface area contributed by atoms with Crippen LogP contribution in [0.2, 0.25) is 0 Å². The highest BCUT2D eigenvalue weighted by Gasteiger charge is 2.18. The van der Waals surface area contributed by atoms with Crippen molar-refractivity contribution in [1.82, 2.24) is 8.75 Å². The Morgan fingerprint density at radius 2 is 0.607 bits per heavy atom. The third-order valence-electron chi connectivity index (χ3n) is 13.1. The van der Waals surface area contributed by atoms with Gasteiger partial charge in [0.25, 0.3) is 0 Å². The minimum absolute atomic E-state index is 1.05. The number of nitrogens with zero attached hydrogens (tertiary/aromatic N) is 2. The molecule has 0 saturated heterocycles. The molecule has 0 amide bonds. The average molecular weight is 1020 g/mol. The van der Waals surface area contributed by atoms with Gasteiger partial charge in [0.15, 0.2) is 0 Å². The van der Waals surface area contributed by atoms with Gasteiger partial charge in [-0.1, -0.05) is 244 Å². The van der Waals surface area contributed by atoms with Gasteiger partial charge in [-0.2, -0.15) is 8.75 Å². The predicted molar refractivity (Wildman–Crippen MR) is 284 cm³/mol. The highest BCUT2D eigenvalue weighted by atomic mass is 79.9.